The molecule has 3 rings (SSSR count). The lowest BCUT2D eigenvalue weighted by molar-refractivity contribution is 0.174. The predicted molar refractivity (Wildman–Crippen MR) is 79.4 cm³/mol. The van der Waals surface area contributed by atoms with Crippen LogP contribution in [0.25, 0.3) is 0 Å². The molecule has 0 aromatic heterocycles. The molecular weight excluding hydrogens is 274 g/mol. The van der Waals surface area contributed by atoms with E-state index >= 15 is 0 Å². The number of ether oxygens (including phenoxy) is 2. The minimum atomic E-state index is 0.274. The Morgan fingerprint density at radius 3 is 2.60 bits per heavy atom. The van der Waals surface area contributed by atoms with Gasteiger partial charge in [-0.3, -0.25) is 0 Å². The van der Waals surface area contributed by atoms with Gasteiger partial charge in [-0.1, -0.05) is 41.9 Å². The molecule has 1 aliphatic rings. The van der Waals surface area contributed by atoms with Gasteiger partial charge in [-0.15, -0.1) is 0 Å². The lowest BCUT2D eigenvalue weighted by Gasteiger charge is -2.08. The van der Waals surface area contributed by atoms with Crippen LogP contribution in [0.4, 0.5) is 0 Å². The van der Waals surface area contributed by atoms with Crippen LogP contribution in [0.5, 0.6) is 11.5 Å². The maximum atomic E-state index is 6.23. The molecule has 0 saturated heterocycles. The average Bonchev–Trinajstić information content (AvgIpc) is 2.91. The van der Waals surface area contributed by atoms with Crippen LogP contribution in [-0.4, -0.2) is 13.3 Å². The number of nitrogens with one attached hydrogen (secondary N) is 1. The molecule has 0 amide bonds. The summed E-state index contributed by atoms with van der Waals surface area (Å²) < 4.78 is 10.7. The van der Waals surface area contributed by atoms with Crippen LogP contribution in [0.3, 0.4) is 0 Å². The highest BCUT2D eigenvalue weighted by atomic mass is 35.5. The van der Waals surface area contributed by atoms with Crippen molar-refractivity contribution in [3.8, 4) is 11.5 Å². The largest absolute Gasteiger partial charge is 0.454 e. The summed E-state index contributed by atoms with van der Waals surface area (Å²) in [5, 5.41) is 4.11. The first kappa shape index (κ1) is 13.3. The van der Waals surface area contributed by atoms with Crippen molar-refractivity contribution in [3.05, 3.63) is 58.6 Å². The summed E-state index contributed by atoms with van der Waals surface area (Å²) in [5.41, 5.74) is 2.36. The van der Waals surface area contributed by atoms with Crippen LogP contribution in [0.1, 0.15) is 11.1 Å². The van der Waals surface area contributed by atoms with Gasteiger partial charge < -0.3 is 14.8 Å². The van der Waals surface area contributed by atoms with E-state index in [0.717, 1.165) is 36.6 Å². The number of hydrogen-bond acceptors (Lipinski definition) is 3. The molecule has 2 aromatic rings. The fourth-order valence-corrected chi connectivity index (χ4v) is 2.42. The number of benzene rings is 2. The molecule has 1 heterocycles. The van der Waals surface area contributed by atoms with Gasteiger partial charge in [0, 0.05) is 17.6 Å². The topological polar surface area (TPSA) is 30.5 Å². The van der Waals surface area contributed by atoms with Crippen LogP contribution in [-0.2, 0) is 13.0 Å². The van der Waals surface area contributed by atoms with Crippen molar-refractivity contribution in [2.75, 3.05) is 13.3 Å². The van der Waals surface area contributed by atoms with Gasteiger partial charge in [-0.2, -0.15) is 0 Å². The van der Waals surface area contributed by atoms with Gasteiger partial charge in [0.25, 0.3) is 0 Å². The molecule has 20 heavy (non-hydrogen) atoms. The minimum absolute atomic E-state index is 0.274. The van der Waals surface area contributed by atoms with Gasteiger partial charge in [0.2, 0.25) is 6.79 Å². The Morgan fingerprint density at radius 2 is 1.80 bits per heavy atom. The van der Waals surface area contributed by atoms with E-state index in [1.54, 1.807) is 0 Å². The normalized spacial score (nSPS) is 12.7. The fourth-order valence-electron chi connectivity index (χ4n) is 2.20. The van der Waals surface area contributed by atoms with Gasteiger partial charge in [-0.05, 0) is 30.2 Å². The Balaban J connectivity index is 1.54. The van der Waals surface area contributed by atoms with E-state index in [0.29, 0.717) is 5.02 Å². The molecule has 0 spiro atoms. The zero-order valence-electron chi connectivity index (χ0n) is 11.1. The molecule has 0 saturated carbocycles. The predicted octanol–water partition coefficient (Wildman–Crippen LogP) is 3.40. The summed E-state index contributed by atoms with van der Waals surface area (Å²) in [7, 11) is 0. The van der Waals surface area contributed by atoms with Crippen LogP contribution in [0.2, 0.25) is 5.02 Å². The second-order valence-corrected chi connectivity index (χ2v) is 5.12. The quantitative estimate of drug-likeness (QED) is 0.856. The standard InChI is InChI=1S/C16H16ClNO2/c17-14-9-16-15(19-11-20-16)8-13(14)10-18-7-6-12-4-2-1-3-5-12/h1-5,8-9,18H,6-7,10-11H2. The summed E-state index contributed by atoms with van der Waals surface area (Å²) in [5.74, 6) is 1.50. The van der Waals surface area contributed by atoms with E-state index in [1.165, 1.54) is 5.56 Å². The second-order valence-electron chi connectivity index (χ2n) is 4.71. The maximum Gasteiger partial charge on any atom is 0.231 e. The third-order valence-corrected chi connectivity index (χ3v) is 3.64. The van der Waals surface area contributed by atoms with Crippen molar-refractivity contribution >= 4 is 11.6 Å². The van der Waals surface area contributed by atoms with Gasteiger partial charge in [-0.25, -0.2) is 0 Å². The number of hydrogen-bond donors (Lipinski definition) is 1. The highest BCUT2D eigenvalue weighted by Gasteiger charge is 2.16. The van der Waals surface area contributed by atoms with Crippen LogP contribution in [0.15, 0.2) is 42.5 Å². The van der Waals surface area contributed by atoms with Crippen molar-refractivity contribution in [1.82, 2.24) is 5.32 Å². The maximum absolute atomic E-state index is 6.23. The van der Waals surface area contributed by atoms with Crippen molar-refractivity contribution in [3.63, 3.8) is 0 Å². The Hall–Kier alpha value is -1.71. The molecule has 3 nitrogen and oxygen atoms in total. The summed E-state index contributed by atoms with van der Waals surface area (Å²) in [6.07, 6.45) is 1.00. The molecule has 0 atom stereocenters. The van der Waals surface area contributed by atoms with Gasteiger partial charge in [0.15, 0.2) is 11.5 Å². The van der Waals surface area contributed by atoms with Gasteiger partial charge >= 0.3 is 0 Å². The molecule has 0 fully saturated rings. The van der Waals surface area contributed by atoms with Gasteiger partial charge in [0.05, 0.1) is 0 Å². The number of fused-ring (bicyclic) bond motifs is 1. The summed E-state index contributed by atoms with van der Waals surface area (Å²) in [6, 6.07) is 14.2. The smallest absolute Gasteiger partial charge is 0.231 e. The zero-order valence-corrected chi connectivity index (χ0v) is 11.8. The van der Waals surface area contributed by atoms with Crippen LogP contribution in [0, 0.1) is 0 Å². The first-order chi connectivity index (χ1) is 9.83. The van der Waals surface area contributed by atoms with Crippen LogP contribution < -0.4 is 14.8 Å². The minimum Gasteiger partial charge on any atom is -0.454 e. The van der Waals surface area contributed by atoms with E-state index in [1.807, 2.05) is 18.2 Å². The average molecular weight is 290 g/mol. The van der Waals surface area contributed by atoms with Crippen molar-refractivity contribution in [2.24, 2.45) is 0 Å². The number of rotatable bonds is 5. The monoisotopic (exact) mass is 289 g/mol. The SMILES string of the molecule is Clc1cc2c(cc1CNCCc1ccccc1)OCO2. The molecule has 0 unspecified atom stereocenters. The van der Waals surface area contributed by atoms with E-state index < -0.39 is 0 Å². The Labute approximate surface area is 123 Å². The lowest BCUT2D eigenvalue weighted by atomic mass is 10.1. The van der Waals surface area contributed by atoms with E-state index in [4.69, 9.17) is 21.1 Å². The molecule has 0 aliphatic carbocycles. The Bertz CT molecular complexity index is 587. The summed E-state index contributed by atoms with van der Waals surface area (Å²) >= 11 is 6.23. The van der Waals surface area contributed by atoms with Crippen molar-refractivity contribution < 1.29 is 9.47 Å². The molecule has 0 bridgehead atoms. The summed E-state index contributed by atoms with van der Waals surface area (Å²) in [6.45, 7) is 1.91. The molecule has 104 valence electrons. The molecular formula is C16H16ClNO2. The van der Waals surface area contributed by atoms with E-state index in [2.05, 4.69) is 29.6 Å². The highest BCUT2D eigenvalue weighted by Crippen LogP contribution is 2.36. The van der Waals surface area contributed by atoms with Crippen molar-refractivity contribution in [2.45, 2.75) is 13.0 Å². The molecule has 2 aromatic carbocycles. The molecule has 1 N–H and O–H groups in total. The van der Waals surface area contributed by atoms with E-state index in [-0.39, 0.29) is 6.79 Å². The highest BCUT2D eigenvalue weighted by molar-refractivity contribution is 6.31. The van der Waals surface area contributed by atoms with Crippen molar-refractivity contribution in [1.29, 1.82) is 0 Å². The third kappa shape index (κ3) is 3.06. The third-order valence-electron chi connectivity index (χ3n) is 3.29. The van der Waals surface area contributed by atoms with E-state index in [9.17, 15) is 0 Å². The zero-order chi connectivity index (χ0) is 13.8. The Morgan fingerprint density at radius 1 is 1.05 bits per heavy atom. The fraction of sp³-hybridized carbons (Fsp3) is 0.250. The number of halogens is 1. The molecule has 4 heteroatoms. The lowest BCUT2D eigenvalue weighted by Crippen LogP contribution is -2.16. The first-order valence-corrected chi connectivity index (χ1v) is 7.03. The van der Waals surface area contributed by atoms with Crippen LogP contribution >= 0.6 is 11.6 Å². The van der Waals surface area contributed by atoms with Gasteiger partial charge in [0.1, 0.15) is 0 Å². The molecule has 1 aliphatic heterocycles. The summed E-state index contributed by atoms with van der Waals surface area (Å²) in [4.78, 5) is 0. The molecule has 0 radical (unpaired) electrons. The Kier molecular flexibility index (Phi) is 4.09. The first-order valence-electron chi connectivity index (χ1n) is 6.65. The second kappa shape index (κ2) is 6.16.